The second kappa shape index (κ2) is 5.93. The lowest BCUT2D eigenvalue weighted by molar-refractivity contribution is -0.137. The summed E-state index contributed by atoms with van der Waals surface area (Å²) in [5, 5.41) is 6.08. The zero-order chi connectivity index (χ0) is 14.8. The van der Waals surface area contributed by atoms with E-state index in [9.17, 15) is 13.2 Å². The Kier molecular flexibility index (Phi) is 4.45. The number of benzene rings is 1. The molecule has 0 aliphatic heterocycles. The molecule has 1 heterocycles. The zero-order valence-corrected chi connectivity index (χ0v) is 12.0. The van der Waals surface area contributed by atoms with Crippen LogP contribution in [0.15, 0.2) is 29.6 Å². The van der Waals surface area contributed by atoms with Crippen molar-refractivity contribution in [2.45, 2.75) is 32.6 Å². The predicted octanol–water partition coefficient (Wildman–Crippen LogP) is 4.32. The van der Waals surface area contributed by atoms with Gasteiger partial charge in [0, 0.05) is 17.6 Å². The zero-order valence-electron chi connectivity index (χ0n) is 11.2. The number of alkyl halides is 3. The molecule has 108 valence electrons. The molecule has 2 aromatic rings. The first-order chi connectivity index (χ1) is 9.36. The Bertz CT molecular complexity index is 578. The third-order valence-corrected chi connectivity index (χ3v) is 4.02. The van der Waals surface area contributed by atoms with Crippen LogP contribution in [0.4, 0.5) is 13.2 Å². The Balaban J connectivity index is 2.00. The van der Waals surface area contributed by atoms with Gasteiger partial charge < -0.3 is 5.32 Å². The maximum atomic E-state index is 12.6. The van der Waals surface area contributed by atoms with Crippen LogP contribution in [0.3, 0.4) is 0 Å². The van der Waals surface area contributed by atoms with Gasteiger partial charge in [-0.15, -0.1) is 11.3 Å². The van der Waals surface area contributed by atoms with Crippen molar-refractivity contribution in [2.75, 3.05) is 0 Å². The molecule has 0 saturated heterocycles. The molecule has 1 N–H and O–H groups in total. The minimum atomic E-state index is -4.30. The first kappa shape index (κ1) is 15.0. The van der Waals surface area contributed by atoms with Crippen LogP contribution in [0, 0.1) is 6.92 Å². The van der Waals surface area contributed by atoms with Crippen molar-refractivity contribution in [1.29, 1.82) is 0 Å². The van der Waals surface area contributed by atoms with Crippen molar-refractivity contribution in [3.63, 3.8) is 0 Å². The van der Waals surface area contributed by atoms with Gasteiger partial charge in [-0.05, 0) is 25.5 Å². The van der Waals surface area contributed by atoms with Crippen LogP contribution >= 0.6 is 11.3 Å². The average molecular weight is 300 g/mol. The number of nitrogens with one attached hydrogen (secondary N) is 1. The third-order valence-electron chi connectivity index (χ3n) is 2.87. The Morgan fingerprint density at radius 3 is 2.70 bits per heavy atom. The molecule has 0 spiro atoms. The molecule has 1 unspecified atom stereocenters. The van der Waals surface area contributed by atoms with E-state index in [1.165, 1.54) is 12.1 Å². The number of aryl methyl sites for hydroxylation is 1. The number of hydrogen-bond donors (Lipinski definition) is 1. The summed E-state index contributed by atoms with van der Waals surface area (Å²) in [6.07, 6.45) is -4.30. The molecule has 20 heavy (non-hydrogen) atoms. The highest BCUT2D eigenvalue weighted by Gasteiger charge is 2.30. The highest BCUT2D eigenvalue weighted by Crippen LogP contribution is 2.29. The van der Waals surface area contributed by atoms with E-state index in [2.05, 4.69) is 10.3 Å². The summed E-state index contributed by atoms with van der Waals surface area (Å²) < 4.78 is 37.8. The molecular formula is C14H15F3N2S. The van der Waals surface area contributed by atoms with Crippen LogP contribution in [-0.4, -0.2) is 4.98 Å². The number of thiazole rings is 1. The molecule has 0 saturated carbocycles. The van der Waals surface area contributed by atoms with Crippen LogP contribution in [0.25, 0.3) is 0 Å². The van der Waals surface area contributed by atoms with Crippen LogP contribution in [0.5, 0.6) is 0 Å². The van der Waals surface area contributed by atoms with Gasteiger partial charge in [0.25, 0.3) is 0 Å². The molecule has 0 aliphatic carbocycles. The fourth-order valence-corrected chi connectivity index (χ4v) is 2.62. The highest BCUT2D eigenvalue weighted by atomic mass is 32.1. The lowest BCUT2D eigenvalue weighted by atomic mass is 10.1. The van der Waals surface area contributed by atoms with Crippen molar-refractivity contribution in [3.05, 3.63) is 51.5 Å². The summed E-state index contributed by atoms with van der Waals surface area (Å²) in [4.78, 5) is 4.36. The Hall–Kier alpha value is -1.40. The van der Waals surface area contributed by atoms with E-state index in [1.807, 2.05) is 19.2 Å². The number of hydrogen-bond acceptors (Lipinski definition) is 3. The van der Waals surface area contributed by atoms with E-state index in [1.54, 1.807) is 17.4 Å². The largest absolute Gasteiger partial charge is 0.416 e. The van der Waals surface area contributed by atoms with E-state index >= 15 is 0 Å². The smallest absolute Gasteiger partial charge is 0.304 e. The maximum absolute atomic E-state index is 12.6. The molecule has 0 fully saturated rings. The summed E-state index contributed by atoms with van der Waals surface area (Å²) in [5.41, 5.74) is 0.951. The standard InChI is InChI=1S/C14H15F3N2S/c1-9-8-20-13(19-9)10(2)18-7-11-4-3-5-12(6-11)14(15,16)17/h3-6,8,10,18H,7H2,1-2H3. The van der Waals surface area contributed by atoms with Gasteiger partial charge in [0.2, 0.25) is 0 Å². The van der Waals surface area contributed by atoms with Gasteiger partial charge in [-0.25, -0.2) is 4.98 Å². The van der Waals surface area contributed by atoms with E-state index in [4.69, 9.17) is 0 Å². The molecule has 0 radical (unpaired) electrons. The first-order valence-electron chi connectivity index (χ1n) is 6.18. The molecule has 1 aromatic heterocycles. The topological polar surface area (TPSA) is 24.9 Å². The van der Waals surface area contributed by atoms with Gasteiger partial charge in [-0.1, -0.05) is 18.2 Å². The van der Waals surface area contributed by atoms with E-state index < -0.39 is 11.7 Å². The van der Waals surface area contributed by atoms with Crippen LogP contribution in [0.2, 0.25) is 0 Å². The SMILES string of the molecule is Cc1csc(C(C)NCc2cccc(C(F)(F)F)c2)n1. The predicted molar refractivity (Wildman–Crippen MR) is 73.5 cm³/mol. The van der Waals surface area contributed by atoms with Gasteiger partial charge in [-0.2, -0.15) is 13.2 Å². The number of aromatic nitrogens is 1. The van der Waals surface area contributed by atoms with Crippen molar-refractivity contribution >= 4 is 11.3 Å². The van der Waals surface area contributed by atoms with Crippen LogP contribution < -0.4 is 5.32 Å². The normalized spacial score (nSPS) is 13.4. The third kappa shape index (κ3) is 3.80. The Morgan fingerprint density at radius 1 is 1.35 bits per heavy atom. The molecule has 0 aliphatic rings. The van der Waals surface area contributed by atoms with Crippen molar-refractivity contribution in [2.24, 2.45) is 0 Å². The Morgan fingerprint density at radius 2 is 2.10 bits per heavy atom. The number of nitrogens with zero attached hydrogens (tertiary/aromatic N) is 1. The minimum Gasteiger partial charge on any atom is -0.304 e. The van der Waals surface area contributed by atoms with Crippen molar-refractivity contribution in [1.82, 2.24) is 10.3 Å². The van der Waals surface area contributed by atoms with Gasteiger partial charge in [0.1, 0.15) is 5.01 Å². The van der Waals surface area contributed by atoms with E-state index in [-0.39, 0.29) is 6.04 Å². The van der Waals surface area contributed by atoms with E-state index in [0.717, 1.165) is 16.8 Å². The minimum absolute atomic E-state index is 0.0169. The summed E-state index contributed by atoms with van der Waals surface area (Å²) in [6, 6.07) is 5.38. The fourth-order valence-electron chi connectivity index (χ4n) is 1.79. The fraction of sp³-hybridized carbons (Fsp3) is 0.357. The molecule has 6 heteroatoms. The quantitative estimate of drug-likeness (QED) is 0.909. The number of rotatable bonds is 4. The second-order valence-electron chi connectivity index (χ2n) is 4.63. The monoisotopic (exact) mass is 300 g/mol. The molecule has 1 aromatic carbocycles. The van der Waals surface area contributed by atoms with Gasteiger partial charge in [0.15, 0.2) is 0 Å². The van der Waals surface area contributed by atoms with Gasteiger partial charge >= 0.3 is 6.18 Å². The number of halogens is 3. The molecule has 2 nitrogen and oxygen atoms in total. The second-order valence-corrected chi connectivity index (χ2v) is 5.52. The molecule has 1 atom stereocenters. The van der Waals surface area contributed by atoms with Crippen molar-refractivity contribution in [3.8, 4) is 0 Å². The first-order valence-corrected chi connectivity index (χ1v) is 7.06. The summed E-state index contributed by atoms with van der Waals surface area (Å²) in [7, 11) is 0. The van der Waals surface area contributed by atoms with Crippen LogP contribution in [0.1, 0.15) is 34.8 Å². The molecule has 0 amide bonds. The lowest BCUT2D eigenvalue weighted by Crippen LogP contribution is -2.18. The average Bonchev–Trinajstić information content (AvgIpc) is 2.82. The Labute approximate surface area is 119 Å². The molecular weight excluding hydrogens is 285 g/mol. The van der Waals surface area contributed by atoms with E-state index in [0.29, 0.717) is 12.1 Å². The van der Waals surface area contributed by atoms with Crippen LogP contribution in [-0.2, 0) is 12.7 Å². The molecule has 0 bridgehead atoms. The van der Waals surface area contributed by atoms with Gasteiger partial charge in [0.05, 0.1) is 11.6 Å². The van der Waals surface area contributed by atoms with Gasteiger partial charge in [-0.3, -0.25) is 0 Å². The summed E-state index contributed by atoms with van der Waals surface area (Å²) in [5.74, 6) is 0. The van der Waals surface area contributed by atoms with Crippen molar-refractivity contribution < 1.29 is 13.2 Å². The highest BCUT2D eigenvalue weighted by molar-refractivity contribution is 7.09. The molecule has 2 rings (SSSR count). The lowest BCUT2D eigenvalue weighted by Gasteiger charge is -2.13. The summed E-state index contributed by atoms with van der Waals surface area (Å²) in [6.45, 7) is 4.25. The maximum Gasteiger partial charge on any atom is 0.416 e. The summed E-state index contributed by atoms with van der Waals surface area (Å²) >= 11 is 1.55.